The number of nitrogens with zero attached hydrogens (tertiary/aromatic N) is 3. The zero-order valence-electron chi connectivity index (χ0n) is 25.1. The Kier molecular flexibility index (Phi) is 11.6. The highest BCUT2D eigenvalue weighted by Gasteiger charge is 2.66. The number of carbonyl (C=O) groups is 2. The summed E-state index contributed by atoms with van der Waals surface area (Å²) >= 11 is 0. The maximum atomic E-state index is 13.0. The molecular formula is C27H35F9N4O5. The molecule has 9 nitrogen and oxygen atoms in total. The summed E-state index contributed by atoms with van der Waals surface area (Å²) < 4.78 is 125. The first-order chi connectivity index (χ1) is 20.5. The number of aromatic amines is 1. The van der Waals surface area contributed by atoms with Crippen LogP contribution < -0.4 is 9.47 Å². The Hall–Kier alpha value is -3.47. The summed E-state index contributed by atoms with van der Waals surface area (Å²) in [7, 11) is 0. The Labute approximate surface area is 252 Å². The van der Waals surface area contributed by atoms with Gasteiger partial charge in [0.2, 0.25) is 18.0 Å². The normalized spacial score (nSPS) is 18.2. The molecule has 0 aliphatic heterocycles. The molecule has 2 atom stereocenters. The van der Waals surface area contributed by atoms with Gasteiger partial charge in [-0.25, -0.2) is 9.89 Å². The number of carbonyl (C=O) groups excluding carboxylic acids is 2. The Morgan fingerprint density at radius 1 is 0.911 bits per heavy atom. The number of nitrogens with one attached hydrogen (secondary N) is 1. The highest BCUT2D eigenvalue weighted by Crippen LogP contribution is 2.63. The van der Waals surface area contributed by atoms with E-state index in [4.69, 9.17) is 19.0 Å². The molecule has 2 aromatic heterocycles. The first kappa shape index (κ1) is 37.7. The fraction of sp³-hybridized carbons (Fsp3) is 0.704. The molecule has 18 heteroatoms. The Balaban J connectivity index is 0.000000277. The maximum absolute atomic E-state index is 13.0. The Bertz CT molecular complexity index is 1230. The van der Waals surface area contributed by atoms with E-state index in [2.05, 4.69) is 15.3 Å². The molecule has 2 saturated carbocycles. The van der Waals surface area contributed by atoms with E-state index in [1.165, 1.54) is 25.4 Å². The van der Waals surface area contributed by atoms with Crippen LogP contribution in [0.1, 0.15) is 60.3 Å². The number of hydrogen-bond donors (Lipinski definition) is 1. The number of halogens is 9. The van der Waals surface area contributed by atoms with Gasteiger partial charge in [0, 0.05) is 30.2 Å². The van der Waals surface area contributed by atoms with Crippen LogP contribution in [-0.2, 0) is 9.53 Å². The van der Waals surface area contributed by atoms with Crippen molar-refractivity contribution in [1.29, 1.82) is 0 Å². The molecule has 45 heavy (non-hydrogen) atoms. The second-order valence-electron chi connectivity index (χ2n) is 11.9. The number of aromatic nitrogens is 4. The lowest BCUT2D eigenvalue weighted by Gasteiger charge is -2.25. The van der Waals surface area contributed by atoms with Crippen LogP contribution in [-0.4, -0.2) is 69.7 Å². The minimum absolute atomic E-state index is 0.0572. The third kappa shape index (κ3) is 10.8. The molecule has 0 spiro atoms. The van der Waals surface area contributed by atoms with Crippen molar-refractivity contribution >= 4 is 12.4 Å². The lowest BCUT2D eigenvalue weighted by atomic mass is 9.91. The largest absolute Gasteiger partial charge is 0.478 e. The molecule has 0 aromatic carbocycles. The van der Waals surface area contributed by atoms with Crippen LogP contribution in [0.25, 0.3) is 0 Å². The molecule has 4 rings (SSSR count). The van der Waals surface area contributed by atoms with Crippen molar-refractivity contribution < 1.29 is 63.3 Å². The summed E-state index contributed by atoms with van der Waals surface area (Å²) in [6.07, 6.45) is -11.2. The van der Waals surface area contributed by atoms with Gasteiger partial charge in [0.15, 0.2) is 0 Å². The van der Waals surface area contributed by atoms with E-state index in [0.717, 1.165) is 4.68 Å². The van der Waals surface area contributed by atoms with Crippen LogP contribution in [0.2, 0.25) is 0 Å². The van der Waals surface area contributed by atoms with Crippen molar-refractivity contribution in [2.24, 2.45) is 22.7 Å². The topological polar surface area (TPSA) is 108 Å². The standard InChI is InChI=1S/C15H21F3N2O3.C10H13F3N2O.C2HF3O/c1-10(14(6-7-14)15(16,17)18)9-22-11-5-8-20(19-11)12(21)23-13(2,3)4;1-7(6-16-8-2-5-14-15-8)9(3-4-9)10(11,12)13;3-2(4,5)1-6/h5,8,10H,6-7,9H2,1-4H3;2,5,7H,3-4,6H2,1H3,(H,14,15);1H. The molecule has 0 bridgehead atoms. The lowest BCUT2D eigenvalue weighted by Crippen LogP contribution is -2.34. The summed E-state index contributed by atoms with van der Waals surface area (Å²) in [6.45, 7) is 8.22. The van der Waals surface area contributed by atoms with Crippen molar-refractivity contribution in [3.05, 3.63) is 24.5 Å². The molecular weight excluding hydrogens is 631 g/mol. The summed E-state index contributed by atoms with van der Waals surface area (Å²) in [5.74, 6) is -0.699. The van der Waals surface area contributed by atoms with Gasteiger partial charge >= 0.3 is 24.6 Å². The molecule has 2 aromatic rings. The van der Waals surface area contributed by atoms with Crippen LogP contribution in [0.5, 0.6) is 11.8 Å². The molecule has 2 aliphatic rings. The molecule has 2 aliphatic carbocycles. The van der Waals surface area contributed by atoms with Gasteiger partial charge in [0.1, 0.15) is 5.60 Å². The van der Waals surface area contributed by atoms with E-state index < -0.39 is 59.2 Å². The van der Waals surface area contributed by atoms with Gasteiger partial charge in [-0.2, -0.15) is 49.3 Å². The number of rotatable bonds is 8. The van der Waals surface area contributed by atoms with Crippen molar-refractivity contribution in [2.75, 3.05) is 13.2 Å². The van der Waals surface area contributed by atoms with Gasteiger partial charge in [0.25, 0.3) is 0 Å². The van der Waals surface area contributed by atoms with Gasteiger partial charge in [-0.05, 0) is 46.5 Å². The van der Waals surface area contributed by atoms with E-state index in [9.17, 15) is 44.3 Å². The number of H-pyrrole nitrogens is 1. The van der Waals surface area contributed by atoms with Gasteiger partial charge in [0.05, 0.1) is 30.2 Å². The highest BCUT2D eigenvalue weighted by molar-refractivity contribution is 5.69. The second kappa shape index (κ2) is 13.9. The molecule has 0 radical (unpaired) electrons. The molecule has 0 saturated heterocycles. The van der Waals surface area contributed by atoms with E-state index in [1.807, 2.05) is 0 Å². The zero-order chi connectivity index (χ0) is 34.5. The smallest absolute Gasteiger partial charge is 0.446 e. The van der Waals surface area contributed by atoms with Gasteiger partial charge < -0.3 is 14.2 Å². The molecule has 2 fully saturated rings. The van der Waals surface area contributed by atoms with Crippen LogP contribution in [0.4, 0.5) is 44.3 Å². The van der Waals surface area contributed by atoms with Crippen LogP contribution in [0.15, 0.2) is 24.5 Å². The number of ether oxygens (including phenoxy) is 3. The van der Waals surface area contributed by atoms with E-state index in [0.29, 0.717) is 5.88 Å². The van der Waals surface area contributed by atoms with E-state index >= 15 is 0 Å². The highest BCUT2D eigenvalue weighted by atomic mass is 19.4. The summed E-state index contributed by atoms with van der Waals surface area (Å²) in [5.41, 5.74) is -3.82. The van der Waals surface area contributed by atoms with Gasteiger partial charge in [-0.3, -0.25) is 4.79 Å². The van der Waals surface area contributed by atoms with Crippen LogP contribution in [0, 0.1) is 22.7 Å². The van der Waals surface area contributed by atoms with Gasteiger partial charge in [-0.15, -0.1) is 5.10 Å². The number of hydrogen-bond acceptors (Lipinski definition) is 7. The van der Waals surface area contributed by atoms with Gasteiger partial charge in [-0.1, -0.05) is 13.8 Å². The molecule has 256 valence electrons. The third-order valence-electron chi connectivity index (χ3n) is 7.32. The lowest BCUT2D eigenvalue weighted by molar-refractivity contribution is -0.204. The van der Waals surface area contributed by atoms with Crippen molar-refractivity contribution in [1.82, 2.24) is 20.0 Å². The maximum Gasteiger partial charge on any atom is 0.446 e. The molecule has 2 heterocycles. The third-order valence-corrected chi connectivity index (χ3v) is 7.32. The minimum Gasteiger partial charge on any atom is -0.478 e. The number of alkyl halides is 9. The average Bonchev–Trinajstić information content (AvgIpc) is 3.79. The zero-order valence-corrected chi connectivity index (χ0v) is 25.1. The van der Waals surface area contributed by atoms with Crippen LogP contribution >= 0.6 is 0 Å². The second-order valence-corrected chi connectivity index (χ2v) is 11.9. The minimum atomic E-state index is -4.64. The quantitative estimate of drug-likeness (QED) is 0.229. The van der Waals surface area contributed by atoms with Crippen molar-refractivity contribution in [3.63, 3.8) is 0 Å². The van der Waals surface area contributed by atoms with Crippen molar-refractivity contribution in [2.45, 2.75) is 84.4 Å². The Morgan fingerprint density at radius 3 is 1.73 bits per heavy atom. The monoisotopic (exact) mass is 666 g/mol. The predicted molar refractivity (Wildman–Crippen MR) is 139 cm³/mol. The summed E-state index contributed by atoms with van der Waals surface area (Å²) in [6, 6.07) is 3.00. The fourth-order valence-electron chi connectivity index (χ4n) is 4.24. The average molecular weight is 667 g/mol. The summed E-state index contributed by atoms with van der Waals surface area (Å²) in [4.78, 5) is 20.5. The fourth-order valence-corrected chi connectivity index (χ4v) is 4.24. The molecule has 1 N–H and O–H groups in total. The first-order valence-corrected chi connectivity index (χ1v) is 13.7. The molecule has 0 amide bonds. The summed E-state index contributed by atoms with van der Waals surface area (Å²) in [5, 5.41) is 10.1. The van der Waals surface area contributed by atoms with E-state index in [1.54, 1.807) is 33.8 Å². The Morgan fingerprint density at radius 2 is 1.38 bits per heavy atom. The van der Waals surface area contributed by atoms with Crippen molar-refractivity contribution in [3.8, 4) is 11.8 Å². The SMILES string of the molecule is CC(COc1ccn(C(=O)OC(C)(C)C)n1)C1(C(F)(F)F)CC1.CC(COc1ccn[nH]1)C1(C(F)(F)F)CC1.O=CC(F)(F)F. The first-order valence-electron chi connectivity index (χ1n) is 13.7. The number of aldehydes is 1. The van der Waals surface area contributed by atoms with Crippen LogP contribution in [0.3, 0.4) is 0 Å². The van der Waals surface area contributed by atoms with E-state index in [-0.39, 0.29) is 44.8 Å². The molecule has 2 unspecified atom stereocenters. The predicted octanol–water partition coefficient (Wildman–Crippen LogP) is 7.54.